The van der Waals surface area contributed by atoms with Gasteiger partial charge in [0.05, 0.1) is 5.56 Å². The van der Waals surface area contributed by atoms with E-state index in [1.54, 1.807) is 24.3 Å². The highest BCUT2D eigenvalue weighted by molar-refractivity contribution is 5.89. The number of hydrogen-bond donors (Lipinski definition) is 2. The highest BCUT2D eigenvalue weighted by atomic mass is 16.5. The Morgan fingerprint density at radius 1 is 1.29 bits per heavy atom. The van der Waals surface area contributed by atoms with Crippen molar-refractivity contribution in [3.05, 3.63) is 29.8 Å². The van der Waals surface area contributed by atoms with Crippen LogP contribution in [-0.4, -0.2) is 24.7 Å². The third-order valence-electron chi connectivity index (χ3n) is 2.27. The molecule has 0 aromatic heterocycles. The third kappa shape index (κ3) is 4.87. The van der Waals surface area contributed by atoms with Crippen LogP contribution in [0.15, 0.2) is 24.3 Å². The van der Waals surface area contributed by atoms with Crippen LogP contribution in [0.1, 0.15) is 31.1 Å². The molecule has 1 aromatic carbocycles. The summed E-state index contributed by atoms with van der Waals surface area (Å²) in [5, 5.41) is 3.21. The monoisotopic (exact) mass is 236 g/mol. The molecule has 0 heterocycles. The molecule has 0 bridgehead atoms. The number of carbonyl (C=O) groups is 1. The van der Waals surface area contributed by atoms with E-state index >= 15 is 0 Å². The molecule has 1 unspecified atom stereocenters. The molecule has 0 aliphatic rings. The van der Waals surface area contributed by atoms with Gasteiger partial charge in [0.25, 0.3) is 0 Å². The number of nitrogen functional groups attached to an aromatic ring is 1. The molecule has 1 aromatic rings. The predicted octanol–water partition coefficient (Wildman–Crippen LogP) is 1.81. The topological polar surface area (TPSA) is 64.3 Å². The van der Waals surface area contributed by atoms with Crippen LogP contribution in [0.2, 0.25) is 0 Å². The number of nitrogens with one attached hydrogen (secondary N) is 1. The summed E-state index contributed by atoms with van der Waals surface area (Å²) in [4.78, 5) is 11.7. The SMILES string of the molecule is CC(C)NCC(C)OC(=O)c1ccc(N)cc1. The number of carbonyl (C=O) groups excluding carboxylic acids is 1. The smallest absolute Gasteiger partial charge is 0.338 e. The van der Waals surface area contributed by atoms with Crippen LogP contribution in [0.5, 0.6) is 0 Å². The van der Waals surface area contributed by atoms with Gasteiger partial charge in [0.2, 0.25) is 0 Å². The van der Waals surface area contributed by atoms with Crippen molar-refractivity contribution >= 4 is 11.7 Å². The fourth-order valence-electron chi connectivity index (χ4n) is 1.31. The van der Waals surface area contributed by atoms with Crippen molar-refractivity contribution in [2.24, 2.45) is 0 Å². The molecule has 0 aliphatic heterocycles. The Hall–Kier alpha value is -1.55. The number of nitrogens with two attached hydrogens (primary N) is 1. The molecule has 17 heavy (non-hydrogen) atoms. The number of ether oxygens (including phenoxy) is 1. The normalized spacial score (nSPS) is 12.5. The van der Waals surface area contributed by atoms with Crippen LogP contribution in [-0.2, 0) is 4.74 Å². The van der Waals surface area contributed by atoms with Crippen LogP contribution in [0, 0.1) is 0 Å². The number of rotatable bonds is 5. The van der Waals surface area contributed by atoms with Crippen molar-refractivity contribution in [1.82, 2.24) is 5.32 Å². The summed E-state index contributed by atoms with van der Waals surface area (Å²) in [6, 6.07) is 7.09. The highest BCUT2D eigenvalue weighted by Gasteiger charge is 2.11. The Labute approximate surface area is 102 Å². The Balaban J connectivity index is 2.46. The first-order chi connectivity index (χ1) is 7.99. The molecule has 4 heteroatoms. The molecule has 1 atom stereocenters. The van der Waals surface area contributed by atoms with Crippen molar-refractivity contribution < 1.29 is 9.53 Å². The van der Waals surface area contributed by atoms with Gasteiger partial charge in [0, 0.05) is 18.3 Å². The number of benzene rings is 1. The van der Waals surface area contributed by atoms with E-state index in [2.05, 4.69) is 19.2 Å². The molecule has 0 saturated carbocycles. The quantitative estimate of drug-likeness (QED) is 0.604. The number of hydrogen-bond acceptors (Lipinski definition) is 4. The minimum absolute atomic E-state index is 0.151. The lowest BCUT2D eigenvalue weighted by Gasteiger charge is -2.15. The highest BCUT2D eigenvalue weighted by Crippen LogP contribution is 2.08. The lowest BCUT2D eigenvalue weighted by atomic mass is 10.2. The molecule has 0 radical (unpaired) electrons. The number of anilines is 1. The Kier molecular flexibility index (Phi) is 4.97. The van der Waals surface area contributed by atoms with Crippen LogP contribution in [0.25, 0.3) is 0 Å². The van der Waals surface area contributed by atoms with Gasteiger partial charge in [-0.25, -0.2) is 4.79 Å². The molecule has 0 amide bonds. The third-order valence-corrected chi connectivity index (χ3v) is 2.27. The second-order valence-corrected chi connectivity index (χ2v) is 4.40. The first-order valence-corrected chi connectivity index (χ1v) is 5.79. The van der Waals surface area contributed by atoms with Gasteiger partial charge in [-0.15, -0.1) is 0 Å². The standard InChI is InChI=1S/C13H20N2O2/c1-9(2)15-8-10(3)17-13(16)11-4-6-12(14)7-5-11/h4-7,9-10,15H,8,14H2,1-3H3. The lowest BCUT2D eigenvalue weighted by molar-refractivity contribution is 0.0339. The van der Waals surface area contributed by atoms with E-state index in [9.17, 15) is 4.79 Å². The van der Waals surface area contributed by atoms with E-state index in [0.29, 0.717) is 23.8 Å². The zero-order valence-corrected chi connectivity index (χ0v) is 10.6. The molecule has 3 N–H and O–H groups in total. The maximum atomic E-state index is 11.7. The molecule has 0 spiro atoms. The van der Waals surface area contributed by atoms with E-state index in [0.717, 1.165) is 0 Å². The Morgan fingerprint density at radius 2 is 1.88 bits per heavy atom. The minimum atomic E-state index is -0.317. The zero-order valence-electron chi connectivity index (χ0n) is 10.6. The van der Waals surface area contributed by atoms with Crippen molar-refractivity contribution in [2.45, 2.75) is 32.9 Å². The Bertz CT molecular complexity index is 360. The fourth-order valence-corrected chi connectivity index (χ4v) is 1.31. The summed E-state index contributed by atoms with van der Waals surface area (Å²) < 4.78 is 5.28. The van der Waals surface area contributed by atoms with Gasteiger partial charge in [-0.2, -0.15) is 0 Å². The molecule has 1 rings (SSSR count). The maximum Gasteiger partial charge on any atom is 0.338 e. The lowest BCUT2D eigenvalue weighted by Crippen LogP contribution is -2.33. The van der Waals surface area contributed by atoms with Crippen molar-refractivity contribution in [1.29, 1.82) is 0 Å². The van der Waals surface area contributed by atoms with Crippen molar-refractivity contribution in [3.8, 4) is 0 Å². The second kappa shape index (κ2) is 6.25. The van der Waals surface area contributed by atoms with Crippen molar-refractivity contribution in [2.75, 3.05) is 12.3 Å². The van der Waals surface area contributed by atoms with Gasteiger partial charge in [0.1, 0.15) is 6.10 Å². The van der Waals surface area contributed by atoms with E-state index < -0.39 is 0 Å². The van der Waals surface area contributed by atoms with Gasteiger partial charge < -0.3 is 15.8 Å². The van der Waals surface area contributed by atoms with Gasteiger partial charge in [0.15, 0.2) is 0 Å². The molecule has 4 nitrogen and oxygen atoms in total. The van der Waals surface area contributed by atoms with Gasteiger partial charge >= 0.3 is 5.97 Å². The zero-order chi connectivity index (χ0) is 12.8. The largest absolute Gasteiger partial charge is 0.458 e. The Morgan fingerprint density at radius 3 is 2.41 bits per heavy atom. The first kappa shape index (κ1) is 13.5. The molecular weight excluding hydrogens is 216 g/mol. The first-order valence-electron chi connectivity index (χ1n) is 5.79. The van der Waals surface area contributed by atoms with E-state index in [1.165, 1.54) is 0 Å². The molecule has 0 fully saturated rings. The van der Waals surface area contributed by atoms with Gasteiger partial charge in [-0.3, -0.25) is 0 Å². The van der Waals surface area contributed by atoms with Crippen LogP contribution < -0.4 is 11.1 Å². The van der Waals surface area contributed by atoms with Gasteiger partial charge in [-0.1, -0.05) is 13.8 Å². The summed E-state index contributed by atoms with van der Waals surface area (Å²) in [5.41, 5.74) is 6.71. The summed E-state index contributed by atoms with van der Waals surface area (Å²) >= 11 is 0. The average Bonchev–Trinajstić information content (AvgIpc) is 2.27. The summed E-state index contributed by atoms with van der Waals surface area (Å²) in [6.45, 7) is 6.62. The van der Waals surface area contributed by atoms with Crippen LogP contribution >= 0.6 is 0 Å². The molecule has 0 saturated heterocycles. The summed E-state index contributed by atoms with van der Waals surface area (Å²) in [6.07, 6.45) is -0.151. The minimum Gasteiger partial charge on any atom is -0.458 e. The van der Waals surface area contributed by atoms with E-state index in [-0.39, 0.29) is 12.1 Å². The predicted molar refractivity (Wildman–Crippen MR) is 68.9 cm³/mol. The summed E-state index contributed by atoms with van der Waals surface area (Å²) in [5.74, 6) is -0.317. The summed E-state index contributed by atoms with van der Waals surface area (Å²) in [7, 11) is 0. The van der Waals surface area contributed by atoms with E-state index in [4.69, 9.17) is 10.5 Å². The number of esters is 1. The molecular formula is C13H20N2O2. The van der Waals surface area contributed by atoms with Crippen LogP contribution in [0.3, 0.4) is 0 Å². The van der Waals surface area contributed by atoms with Gasteiger partial charge in [-0.05, 0) is 31.2 Å². The maximum absolute atomic E-state index is 11.7. The molecule has 94 valence electrons. The molecule has 0 aliphatic carbocycles. The van der Waals surface area contributed by atoms with Crippen LogP contribution in [0.4, 0.5) is 5.69 Å². The van der Waals surface area contributed by atoms with E-state index in [1.807, 2.05) is 6.92 Å². The second-order valence-electron chi connectivity index (χ2n) is 4.40. The average molecular weight is 236 g/mol. The fraction of sp³-hybridized carbons (Fsp3) is 0.462. The van der Waals surface area contributed by atoms with Crippen molar-refractivity contribution in [3.63, 3.8) is 0 Å².